The van der Waals surface area contributed by atoms with E-state index >= 15 is 0 Å². The van der Waals surface area contributed by atoms with Crippen LogP contribution in [0.2, 0.25) is 19.6 Å². The summed E-state index contributed by atoms with van der Waals surface area (Å²) in [5.74, 6) is 1.17. The number of rotatable bonds is 7. The summed E-state index contributed by atoms with van der Waals surface area (Å²) in [5.41, 5.74) is 0.710. The van der Waals surface area contributed by atoms with E-state index in [0.29, 0.717) is 5.67 Å². The number of aromatic nitrogens is 2. The SMILES string of the molecule is CCCCCCC(n1ccnc1C)[Si](C)(C)C. The van der Waals surface area contributed by atoms with Crippen molar-refractivity contribution >= 4 is 8.07 Å². The van der Waals surface area contributed by atoms with Gasteiger partial charge in [-0.2, -0.15) is 0 Å². The summed E-state index contributed by atoms with van der Waals surface area (Å²) in [6.45, 7) is 11.8. The molecule has 0 radical (unpaired) electrons. The van der Waals surface area contributed by atoms with Gasteiger partial charge in [0.05, 0.1) is 8.07 Å². The quantitative estimate of drug-likeness (QED) is 0.513. The molecule has 0 aliphatic carbocycles. The van der Waals surface area contributed by atoms with E-state index in [9.17, 15) is 0 Å². The van der Waals surface area contributed by atoms with Crippen molar-refractivity contribution in [2.75, 3.05) is 0 Å². The lowest BCUT2D eigenvalue weighted by atomic mass is 10.1. The van der Waals surface area contributed by atoms with Crippen molar-refractivity contribution in [3.05, 3.63) is 18.2 Å². The standard InChI is InChI=1S/C14H28N2Si/c1-6-7-8-9-10-14(17(3,4)5)16-12-11-15-13(16)2/h11-12,14H,6-10H2,1-5H3. The van der Waals surface area contributed by atoms with Crippen molar-refractivity contribution in [3.63, 3.8) is 0 Å². The third-order valence-corrected chi connectivity index (χ3v) is 6.10. The zero-order chi connectivity index (χ0) is 12.9. The molecule has 3 heteroatoms. The van der Waals surface area contributed by atoms with Crippen LogP contribution in [0.15, 0.2) is 12.4 Å². The van der Waals surface area contributed by atoms with Gasteiger partial charge in [-0.15, -0.1) is 0 Å². The van der Waals surface area contributed by atoms with Gasteiger partial charge in [-0.1, -0.05) is 52.2 Å². The van der Waals surface area contributed by atoms with Crippen LogP contribution in [0.1, 0.15) is 50.5 Å². The molecule has 0 saturated carbocycles. The highest BCUT2D eigenvalue weighted by Gasteiger charge is 2.28. The molecule has 1 aromatic heterocycles. The Labute approximate surface area is 107 Å². The van der Waals surface area contributed by atoms with Crippen LogP contribution in [0.5, 0.6) is 0 Å². The molecule has 2 nitrogen and oxygen atoms in total. The first-order valence-electron chi connectivity index (χ1n) is 6.96. The van der Waals surface area contributed by atoms with Crippen molar-refractivity contribution in [1.82, 2.24) is 9.55 Å². The van der Waals surface area contributed by atoms with Gasteiger partial charge in [0.2, 0.25) is 0 Å². The molecule has 0 fully saturated rings. The van der Waals surface area contributed by atoms with E-state index in [1.807, 2.05) is 6.20 Å². The Bertz CT molecular complexity index is 325. The minimum Gasteiger partial charge on any atom is -0.335 e. The van der Waals surface area contributed by atoms with E-state index in [0.717, 1.165) is 0 Å². The first-order chi connectivity index (χ1) is 7.96. The molecule has 1 unspecified atom stereocenters. The van der Waals surface area contributed by atoms with Gasteiger partial charge in [0, 0.05) is 18.1 Å². The molecule has 1 aromatic rings. The summed E-state index contributed by atoms with van der Waals surface area (Å²) in [4.78, 5) is 4.38. The lowest BCUT2D eigenvalue weighted by Crippen LogP contribution is -2.35. The topological polar surface area (TPSA) is 17.8 Å². The van der Waals surface area contributed by atoms with Gasteiger partial charge in [-0.25, -0.2) is 4.98 Å². The van der Waals surface area contributed by atoms with Crippen LogP contribution in [0.3, 0.4) is 0 Å². The fourth-order valence-electron chi connectivity index (χ4n) is 2.47. The number of aryl methyl sites for hydroxylation is 1. The average Bonchev–Trinajstić information content (AvgIpc) is 2.63. The smallest absolute Gasteiger partial charge is 0.105 e. The largest absolute Gasteiger partial charge is 0.335 e. The van der Waals surface area contributed by atoms with Crippen molar-refractivity contribution in [1.29, 1.82) is 0 Å². The average molecular weight is 252 g/mol. The van der Waals surface area contributed by atoms with E-state index in [2.05, 4.69) is 49.2 Å². The van der Waals surface area contributed by atoms with Gasteiger partial charge in [-0.05, 0) is 13.3 Å². The van der Waals surface area contributed by atoms with E-state index in [4.69, 9.17) is 0 Å². The first kappa shape index (κ1) is 14.5. The Kier molecular flexibility index (Phi) is 5.44. The third kappa shape index (κ3) is 4.30. The highest BCUT2D eigenvalue weighted by Crippen LogP contribution is 2.28. The van der Waals surface area contributed by atoms with E-state index in [-0.39, 0.29) is 0 Å². The van der Waals surface area contributed by atoms with Crippen molar-refractivity contribution in [2.45, 2.75) is 71.3 Å². The Morgan fingerprint density at radius 1 is 1.24 bits per heavy atom. The second-order valence-electron chi connectivity index (χ2n) is 6.11. The minimum atomic E-state index is -1.16. The van der Waals surface area contributed by atoms with Gasteiger partial charge in [-0.3, -0.25) is 0 Å². The van der Waals surface area contributed by atoms with Gasteiger partial charge < -0.3 is 4.57 Å². The molecule has 1 rings (SSSR count). The Hall–Kier alpha value is -0.573. The van der Waals surface area contributed by atoms with E-state index < -0.39 is 8.07 Å². The van der Waals surface area contributed by atoms with Gasteiger partial charge in [0.15, 0.2) is 0 Å². The number of imidazole rings is 1. The maximum atomic E-state index is 4.38. The van der Waals surface area contributed by atoms with Crippen LogP contribution in [0.25, 0.3) is 0 Å². The second kappa shape index (κ2) is 6.38. The predicted octanol–water partition coefficient (Wildman–Crippen LogP) is 4.58. The molecule has 0 aliphatic heterocycles. The fraction of sp³-hybridized carbons (Fsp3) is 0.786. The summed E-state index contributed by atoms with van der Waals surface area (Å²) >= 11 is 0. The number of hydrogen-bond acceptors (Lipinski definition) is 1. The Morgan fingerprint density at radius 3 is 2.41 bits per heavy atom. The molecule has 98 valence electrons. The van der Waals surface area contributed by atoms with Crippen molar-refractivity contribution in [2.24, 2.45) is 0 Å². The maximum absolute atomic E-state index is 4.38. The summed E-state index contributed by atoms with van der Waals surface area (Å²) in [6, 6.07) is 0. The summed E-state index contributed by atoms with van der Waals surface area (Å²) in [6.07, 6.45) is 10.9. The van der Waals surface area contributed by atoms with Crippen LogP contribution in [-0.4, -0.2) is 17.6 Å². The molecule has 0 saturated heterocycles. The van der Waals surface area contributed by atoms with Crippen LogP contribution in [-0.2, 0) is 0 Å². The maximum Gasteiger partial charge on any atom is 0.105 e. The molecule has 0 N–H and O–H groups in total. The highest BCUT2D eigenvalue weighted by atomic mass is 28.3. The number of hydrogen-bond donors (Lipinski definition) is 0. The summed E-state index contributed by atoms with van der Waals surface area (Å²) in [7, 11) is -1.16. The molecular formula is C14H28N2Si. The molecule has 0 aromatic carbocycles. The monoisotopic (exact) mass is 252 g/mol. The lowest BCUT2D eigenvalue weighted by Gasteiger charge is -2.31. The Balaban J connectivity index is 2.66. The molecule has 1 atom stereocenters. The van der Waals surface area contributed by atoms with Crippen LogP contribution < -0.4 is 0 Å². The zero-order valence-electron chi connectivity index (χ0n) is 12.2. The number of unbranched alkanes of at least 4 members (excludes halogenated alkanes) is 3. The molecule has 1 heterocycles. The van der Waals surface area contributed by atoms with E-state index in [1.54, 1.807) is 0 Å². The van der Waals surface area contributed by atoms with Gasteiger partial charge in [0.1, 0.15) is 5.82 Å². The normalized spacial score (nSPS) is 13.9. The molecule has 0 spiro atoms. The third-order valence-electron chi connectivity index (χ3n) is 3.53. The highest BCUT2D eigenvalue weighted by molar-refractivity contribution is 6.76. The van der Waals surface area contributed by atoms with Crippen LogP contribution >= 0.6 is 0 Å². The molecule has 0 bridgehead atoms. The van der Waals surface area contributed by atoms with Crippen LogP contribution in [0.4, 0.5) is 0 Å². The lowest BCUT2D eigenvalue weighted by molar-refractivity contribution is 0.526. The molecule has 0 aliphatic rings. The summed E-state index contributed by atoms with van der Waals surface area (Å²) in [5, 5.41) is 0. The van der Waals surface area contributed by atoms with Gasteiger partial charge in [0.25, 0.3) is 0 Å². The molecule has 0 amide bonds. The second-order valence-corrected chi connectivity index (χ2v) is 11.5. The fourth-order valence-corrected chi connectivity index (χ4v) is 4.65. The first-order valence-corrected chi connectivity index (χ1v) is 10.5. The molecule has 17 heavy (non-hydrogen) atoms. The Morgan fingerprint density at radius 2 is 1.94 bits per heavy atom. The van der Waals surface area contributed by atoms with Crippen molar-refractivity contribution in [3.8, 4) is 0 Å². The minimum absolute atomic E-state index is 0.710. The number of nitrogens with zero attached hydrogens (tertiary/aromatic N) is 2. The zero-order valence-corrected chi connectivity index (χ0v) is 13.2. The van der Waals surface area contributed by atoms with Crippen molar-refractivity contribution < 1.29 is 0 Å². The molecular weight excluding hydrogens is 224 g/mol. The summed E-state index contributed by atoms with van der Waals surface area (Å²) < 4.78 is 2.41. The van der Waals surface area contributed by atoms with Crippen LogP contribution in [0, 0.1) is 6.92 Å². The van der Waals surface area contributed by atoms with E-state index in [1.165, 1.54) is 37.9 Å². The predicted molar refractivity (Wildman–Crippen MR) is 78.1 cm³/mol. The van der Waals surface area contributed by atoms with Gasteiger partial charge >= 0.3 is 0 Å².